The number of likely N-dealkylation sites (tertiary alicyclic amines) is 1. The summed E-state index contributed by atoms with van der Waals surface area (Å²) in [6.45, 7) is 3.78. The van der Waals surface area contributed by atoms with Crippen LogP contribution in [0.3, 0.4) is 0 Å². The molecule has 2 aliphatic heterocycles. The Morgan fingerprint density at radius 3 is 3.04 bits per heavy atom. The lowest BCUT2D eigenvalue weighted by Gasteiger charge is -2.42. The van der Waals surface area contributed by atoms with Gasteiger partial charge in [0, 0.05) is 13.0 Å². The standard InChI is InChI=1S/C18H22N6O3/c1-13-20-21-22-24(13)10-7-16(25)23-9-4-8-18(12-23)11-19-17(26)14-5-2-3-6-15(14)27-18/h2-3,5-6H,4,7-12H2,1H3,(H,19,26)/t18-/m0/s1. The average molecular weight is 370 g/mol. The lowest BCUT2D eigenvalue weighted by Crippen LogP contribution is -2.58. The van der Waals surface area contributed by atoms with Crippen LogP contribution in [-0.2, 0) is 11.3 Å². The van der Waals surface area contributed by atoms with Crippen LogP contribution in [0.1, 0.15) is 35.4 Å². The minimum atomic E-state index is -0.596. The average Bonchev–Trinajstić information content (AvgIpc) is 3.04. The third kappa shape index (κ3) is 3.49. The largest absolute Gasteiger partial charge is 0.483 e. The van der Waals surface area contributed by atoms with Crippen molar-refractivity contribution in [3.63, 3.8) is 0 Å². The molecular weight excluding hydrogens is 348 g/mol. The Morgan fingerprint density at radius 1 is 1.37 bits per heavy atom. The van der Waals surface area contributed by atoms with Gasteiger partial charge in [0.05, 0.1) is 25.2 Å². The zero-order valence-corrected chi connectivity index (χ0v) is 15.2. The predicted octanol–water partition coefficient (Wildman–Crippen LogP) is 0.555. The van der Waals surface area contributed by atoms with E-state index in [1.807, 2.05) is 23.1 Å². The maximum atomic E-state index is 12.7. The number of aromatic nitrogens is 4. The molecule has 2 aliphatic rings. The van der Waals surface area contributed by atoms with E-state index >= 15 is 0 Å². The number of rotatable bonds is 3. The molecular formula is C18H22N6O3. The molecule has 3 heterocycles. The van der Waals surface area contributed by atoms with E-state index in [1.165, 1.54) is 0 Å². The van der Waals surface area contributed by atoms with Crippen molar-refractivity contribution in [3.05, 3.63) is 35.7 Å². The number of nitrogens with one attached hydrogen (secondary N) is 1. The number of benzene rings is 1. The maximum absolute atomic E-state index is 12.7. The fraction of sp³-hybridized carbons (Fsp3) is 0.500. The Kier molecular flexibility index (Phi) is 4.51. The van der Waals surface area contributed by atoms with Crippen molar-refractivity contribution in [3.8, 4) is 5.75 Å². The van der Waals surface area contributed by atoms with E-state index in [-0.39, 0.29) is 11.8 Å². The molecule has 1 atom stereocenters. The van der Waals surface area contributed by atoms with Gasteiger partial charge in [-0.05, 0) is 42.3 Å². The quantitative estimate of drug-likeness (QED) is 0.847. The van der Waals surface area contributed by atoms with Gasteiger partial charge < -0.3 is 15.0 Å². The predicted molar refractivity (Wildman–Crippen MR) is 95.1 cm³/mol. The highest BCUT2D eigenvalue weighted by Crippen LogP contribution is 2.32. The molecule has 0 aliphatic carbocycles. The normalized spacial score (nSPS) is 22.0. The Bertz CT molecular complexity index is 866. The summed E-state index contributed by atoms with van der Waals surface area (Å²) < 4.78 is 7.91. The van der Waals surface area contributed by atoms with E-state index in [1.54, 1.807) is 17.7 Å². The Labute approximate surface area is 156 Å². The van der Waals surface area contributed by atoms with Crippen molar-refractivity contribution in [2.75, 3.05) is 19.6 Å². The maximum Gasteiger partial charge on any atom is 0.255 e. The van der Waals surface area contributed by atoms with E-state index in [0.29, 0.717) is 49.7 Å². The molecule has 1 aromatic heterocycles. The summed E-state index contributed by atoms with van der Waals surface area (Å²) in [5, 5.41) is 14.3. The molecule has 0 unspecified atom stereocenters. The fourth-order valence-electron chi connectivity index (χ4n) is 3.70. The third-order valence-corrected chi connectivity index (χ3v) is 5.17. The van der Waals surface area contributed by atoms with Gasteiger partial charge in [0.25, 0.3) is 5.91 Å². The molecule has 1 fully saturated rings. The zero-order valence-electron chi connectivity index (χ0n) is 15.2. The number of aryl methyl sites for hydroxylation is 2. The van der Waals surface area contributed by atoms with E-state index in [9.17, 15) is 9.59 Å². The molecule has 0 bridgehead atoms. The molecule has 142 valence electrons. The summed E-state index contributed by atoms with van der Waals surface area (Å²) in [7, 11) is 0. The van der Waals surface area contributed by atoms with Crippen LogP contribution in [0.2, 0.25) is 0 Å². The summed E-state index contributed by atoms with van der Waals surface area (Å²) in [5.41, 5.74) is -0.0621. The van der Waals surface area contributed by atoms with Gasteiger partial charge in [0.1, 0.15) is 17.2 Å². The van der Waals surface area contributed by atoms with Crippen LogP contribution in [-0.4, -0.2) is 62.2 Å². The number of ether oxygens (including phenoxy) is 1. The van der Waals surface area contributed by atoms with Crippen molar-refractivity contribution in [1.29, 1.82) is 0 Å². The number of piperidine rings is 1. The highest BCUT2D eigenvalue weighted by Gasteiger charge is 2.41. The van der Waals surface area contributed by atoms with E-state index < -0.39 is 5.60 Å². The van der Waals surface area contributed by atoms with Crippen LogP contribution in [0.4, 0.5) is 0 Å². The summed E-state index contributed by atoms with van der Waals surface area (Å²) in [6, 6.07) is 7.23. The van der Waals surface area contributed by atoms with Crippen molar-refractivity contribution in [1.82, 2.24) is 30.4 Å². The summed E-state index contributed by atoms with van der Waals surface area (Å²) in [6.07, 6.45) is 1.94. The second-order valence-electron chi connectivity index (χ2n) is 7.08. The van der Waals surface area contributed by atoms with Crippen LogP contribution >= 0.6 is 0 Å². The summed E-state index contributed by atoms with van der Waals surface area (Å²) in [4.78, 5) is 26.9. The topological polar surface area (TPSA) is 102 Å². The third-order valence-electron chi connectivity index (χ3n) is 5.17. The molecule has 9 heteroatoms. The first kappa shape index (κ1) is 17.4. The first-order chi connectivity index (χ1) is 13.1. The fourth-order valence-corrected chi connectivity index (χ4v) is 3.70. The van der Waals surface area contributed by atoms with Gasteiger partial charge >= 0.3 is 0 Å². The number of amides is 2. The minimum absolute atomic E-state index is 0.0384. The molecule has 1 saturated heterocycles. The number of tetrazole rings is 1. The van der Waals surface area contributed by atoms with Gasteiger partial charge in [-0.25, -0.2) is 4.68 Å². The molecule has 4 rings (SSSR count). The SMILES string of the molecule is Cc1nnnn1CCC(=O)N1CCC[C@]2(CNC(=O)c3ccccc3O2)C1. The van der Waals surface area contributed by atoms with Crippen LogP contribution in [0, 0.1) is 6.92 Å². The molecule has 1 spiro atoms. The molecule has 0 saturated carbocycles. The van der Waals surface area contributed by atoms with E-state index in [4.69, 9.17) is 4.74 Å². The lowest BCUT2D eigenvalue weighted by molar-refractivity contribution is -0.137. The van der Waals surface area contributed by atoms with Crippen LogP contribution in [0.25, 0.3) is 0 Å². The molecule has 2 amide bonds. The Balaban J connectivity index is 1.46. The van der Waals surface area contributed by atoms with Gasteiger partial charge in [-0.15, -0.1) is 5.10 Å². The van der Waals surface area contributed by atoms with Gasteiger partial charge in [0.15, 0.2) is 0 Å². The Morgan fingerprint density at radius 2 is 2.22 bits per heavy atom. The molecule has 9 nitrogen and oxygen atoms in total. The highest BCUT2D eigenvalue weighted by atomic mass is 16.5. The number of fused-ring (bicyclic) bond motifs is 1. The number of para-hydroxylation sites is 1. The second-order valence-corrected chi connectivity index (χ2v) is 7.08. The second kappa shape index (κ2) is 6.98. The first-order valence-electron chi connectivity index (χ1n) is 9.13. The van der Waals surface area contributed by atoms with E-state index in [0.717, 1.165) is 12.8 Å². The highest BCUT2D eigenvalue weighted by molar-refractivity contribution is 5.97. The van der Waals surface area contributed by atoms with Crippen LogP contribution in [0.15, 0.2) is 24.3 Å². The number of nitrogens with zero attached hydrogens (tertiary/aromatic N) is 5. The number of hydrogen-bond donors (Lipinski definition) is 1. The first-order valence-corrected chi connectivity index (χ1v) is 9.13. The lowest BCUT2D eigenvalue weighted by atomic mass is 9.92. The summed E-state index contributed by atoms with van der Waals surface area (Å²) in [5.74, 6) is 1.16. The van der Waals surface area contributed by atoms with Crippen molar-refractivity contribution >= 4 is 11.8 Å². The van der Waals surface area contributed by atoms with Crippen molar-refractivity contribution < 1.29 is 14.3 Å². The number of hydrogen-bond acceptors (Lipinski definition) is 6. The van der Waals surface area contributed by atoms with Crippen LogP contribution in [0.5, 0.6) is 5.75 Å². The number of carbonyl (C=O) groups is 2. The summed E-state index contributed by atoms with van der Waals surface area (Å²) >= 11 is 0. The number of carbonyl (C=O) groups excluding carboxylic acids is 2. The van der Waals surface area contributed by atoms with E-state index in [2.05, 4.69) is 20.8 Å². The Hall–Kier alpha value is -2.97. The van der Waals surface area contributed by atoms with Crippen molar-refractivity contribution in [2.24, 2.45) is 0 Å². The molecule has 27 heavy (non-hydrogen) atoms. The van der Waals surface area contributed by atoms with Gasteiger partial charge in [-0.1, -0.05) is 12.1 Å². The zero-order chi connectivity index (χ0) is 18.9. The minimum Gasteiger partial charge on any atom is -0.483 e. The van der Waals surface area contributed by atoms with Gasteiger partial charge in [-0.2, -0.15) is 0 Å². The monoisotopic (exact) mass is 370 g/mol. The molecule has 0 radical (unpaired) electrons. The smallest absolute Gasteiger partial charge is 0.255 e. The van der Waals surface area contributed by atoms with Gasteiger partial charge in [-0.3, -0.25) is 9.59 Å². The molecule has 1 aromatic carbocycles. The van der Waals surface area contributed by atoms with Crippen LogP contribution < -0.4 is 10.1 Å². The van der Waals surface area contributed by atoms with Gasteiger partial charge in [0.2, 0.25) is 5.91 Å². The van der Waals surface area contributed by atoms with Crippen molar-refractivity contribution in [2.45, 2.75) is 38.3 Å². The molecule has 2 aromatic rings. The molecule has 1 N–H and O–H groups in total.